The number of nitrogens with one attached hydrogen (secondary N) is 1. The number of aromatic amines is 1. The molecule has 4 aromatic rings. The molecular formula is C36H53FN8O2. The summed E-state index contributed by atoms with van der Waals surface area (Å²) < 4.78 is 14.8. The Morgan fingerprint density at radius 2 is 1.15 bits per heavy atom. The molecule has 0 aliphatic carbocycles. The number of benzene rings is 2. The molecule has 2 amide bonds. The summed E-state index contributed by atoms with van der Waals surface area (Å²) in [5, 5.41) is 0. The number of amides is 2. The maximum Gasteiger partial charge on any atom is 0.253 e. The van der Waals surface area contributed by atoms with Crippen LogP contribution in [0.15, 0.2) is 86.0 Å². The SMILES string of the molecule is CCN(CC)CCN(CC)C(=O)c1ccc(-n2ccnc2)cc1.CCN(CC)CCN(CC)C(=O)c1ccc(F)cc1.c1c[nH]cn1. The van der Waals surface area contributed by atoms with E-state index in [1.54, 1.807) is 36.1 Å². The lowest BCUT2D eigenvalue weighted by molar-refractivity contribution is 0.0739. The molecule has 0 fully saturated rings. The molecule has 0 bridgehead atoms. The van der Waals surface area contributed by atoms with Crippen molar-refractivity contribution in [1.82, 2.24) is 39.1 Å². The van der Waals surface area contributed by atoms with Gasteiger partial charge >= 0.3 is 0 Å². The summed E-state index contributed by atoms with van der Waals surface area (Å²) >= 11 is 0. The fourth-order valence-corrected chi connectivity index (χ4v) is 4.77. The molecule has 0 unspecified atom stereocenters. The van der Waals surface area contributed by atoms with Gasteiger partial charge in [-0.15, -0.1) is 0 Å². The molecule has 0 spiro atoms. The number of carbonyl (C=O) groups is 2. The van der Waals surface area contributed by atoms with Gasteiger partial charge in [-0.05, 0) is 88.6 Å². The van der Waals surface area contributed by atoms with Crippen molar-refractivity contribution in [2.75, 3.05) is 65.4 Å². The third-order valence-electron chi connectivity index (χ3n) is 7.91. The highest BCUT2D eigenvalue weighted by molar-refractivity contribution is 5.94. The van der Waals surface area contributed by atoms with Gasteiger partial charge < -0.3 is 29.2 Å². The van der Waals surface area contributed by atoms with Crippen molar-refractivity contribution in [3.63, 3.8) is 0 Å². The van der Waals surface area contributed by atoms with Gasteiger partial charge in [0, 0.05) is 80.9 Å². The van der Waals surface area contributed by atoms with Crippen LogP contribution in [0, 0.1) is 5.82 Å². The van der Waals surface area contributed by atoms with E-state index in [1.807, 2.05) is 53.8 Å². The normalized spacial score (nSPS) is 10.6. The van der Waals surface area contributed by atoms with Crippen molar-refractivity contribution < 1.29 is 14.0 Å². The molecule has 10 nitrogen and oxygen atoms in total. The van der Waals surface area contributed by atoms with Crippen LogP contribution in [-0.4, -0.2) is 116 Å². The molecule has 0 aliphatic heterocycles. The van der Waals surface area contributed by atoms with E-state index in [4.69, 9.17) is 0 Å². The van der Waals surface area contributed by atoms with Gasteiger partial charge in [-0.2, -0.15) is 0 Å². The van der Waals surface area contributed by atoms with Gasteiger partial charge in [0.1, 0.15) is 5.82 Å². The number of carbonyl (C=O) groups excluding carboxylic acids is 2. The lowest BCUT2D eigenvalue weighted by atomic mass is 10.1. The zero-order valence-electron chi connectivity index (χ0n) is 29.0. The monoisotopic (exact) mass is 648 g/mol. The van der Waals surface area contributed by atoms with E-state index in [0.717, 1.165) is 63.6 Å². The van der Waals surface area contributed by atoms with E-state index in [9.17, 15) is 14.0 Å². The van der Waals surface area contributed by atoms with Crippen LogP contribution >= 0.6 is 0 Å². The lowest BCUT2D eigenvalue weighted by Crippen LogP contribution is -2.38. The molecule has 0 aliphatic rings. The quantitative estimate of drug-likeness (QED) is 0.177. The Labute approximate surface area is 280 Å². The molecule has 11 heteroatoms. The molecule has 4 rings (SSSR count). The van der Waals surface area contributed by atoms with E-state index in [0.29, 0.717) is 18.7 Å². The Morgan fingerprint density at radius 3 is 1.49 bits per heavy atom. The predicted octanol–water partition coefficient (Wildman–Crippen LogP) is 5.72. The second-order valence-corrected chi connectivity index (χ2v) is 10.6. The Balaban J connectivity index is 0.000000288. The van der Waals surface area contributed by atoms with Crippen LogP contribution in [0.5, 0.6) is 0 Å². The van der Waals surface area contributed by atoms with Gasteiger partial charge in [0.25, 0.3) is 11.8 Å². The molecule has 0 saturated carbocycles. The van der Waals surface area contributed by atoms with Crippen LogP contribution in [-0.2, 0) is 0 Å². The van der Waals surface area contributed by atoms with Gasteiger partial charge in [0.2, 0.25) is 0 Å². The highest BCUT2D eigenvalue weighted by Crippen LogP contribution is 2.12. The van der Waals surface area contributed by atoms with E-state index in [1.165, 1.54) is 24.3 Å². The van der Waals surface area contributed by atoms with Gasteiger partial charge in [-0.3, -0.25) is 9.59 Å². The minimum Gasteiger partial charge on any atom is -0.351 e. The number of rotatable bonds is 15. The standard InChI is InChI=1S/C18H26N4O.C15H23FN2O.C3H4N2/c1-4-20(5-2)13-14-21(6-3)18(23)16-7-9-17(10-8-16)22-12-11-19-15-22;1-4-17(5-2)11-12-18(6-3)15(19)13-7-9-14(16)10-8-13;1-2-5-3-4-1/h7-12,15H,4-6,13-14H2,1-3H3;7-10H,4-6,11-12H2,1-3H3;1-3H,(H,4,5). The van der Waals surface area contributed by atoms with Crippen molar-refractivity contribution in [2.24, 2.45) is 0 Å². The van der Waals surface area contributed by atoms with E-state index < -0.39 is 0 Å². The highest BCUT2D eigenvalue weighted by atomic mass is 19.1. The van der Waals surface area contributed by atoms with Crippen LogP contribution in [0.3, 0.4) is 0 Å². The minimum atomic E-state index is -0.317. The Hall–Kier alpha value is -4.35. The summed E-state index contributed by atoms with van der Waals surface area (Å²) in [6.45, 7) is 21.2. The number of nitrogens with zero attached hydrogens (tertiary/aromatic N) is 7. The first-order valence-electron chi connectivity index (χ1n) is 16.6. The molecule has 2 aromatic heterocycles. The summed E-state index contributed by atoms with van der Waals surface area (Å²) in [6, 6.07) is 13.4. The fraction of sp³-hybridized carbons (Fsp3) is 0.444. The van der Waals surface area contributed by atoms with Crippen LogP contribution in [0.4, 0.5) is 4.39 Å². The van der Waals surface area contributed by atoms with E-state index in [-0.39, 0.29) is 17.6 Å². The largest absolute Gasteiger partial charge is 0.351 e. The zero-order valence-corrected chi connectivity index (χ0v) is 29.0. The first-order chi connectivity index (χ1) is 22.8. The van der Waals surface area contributed by atoms with Gasteiger partial charge in [-0.25, -0.2) is 14.4 Å². The van der Waals surface area contributed by atoms with E-state index in [2.05, 4.69) is 52.4 Å². The minimum absolute atomic E-state index is 0.0327. The molecule has 0 radical (unpaired) electrons. The van der Waals surface area contributed by atoms with Gasteiger partial charge in [-0.1, -0.05) is 27.7 Å². The van der Waals surface area contributed by atoms with Gasteiger partial charge in [0.05, 0.1) is 12.7 Å². The van der Waals surface area contributed by atoms with Crippen LogP contribution in [0.1, 0.15) is 62.3 Å². The van der Waals surface area contributed by atoms with Gasteiger partial charge in [0.15, 0.2) is 0 Å². The van der Waals surface area contributed by atoms with E-state index >= 15 is 0 Å². The smallest absolute Gasteiger partial charge is 0.253 e. The number of aromatic nitrogens is 4. The summed E-state index contributed by atoms with van der Waals surface area (Å²) in [5.41, 5.74) is 2.28. The second kappa shape index (κ2) is 22.2. The molecule has 0 saturated heterocycles. The van der Waals surface area contributed by atoms with Crippen molar-refractivity contribution in [3.05, 3.63) is 103 Å². The Kier molecular flexibility index (Phi) is 18.4. The first kappa shape index (κ1) is 38.8. The Morgan fingerprint density at radius 1 is 0.660 bits per heavy atom. The topological polar surface area (TPSA) is 93.6 Å². The average Bonchev–Trinajstić information content (AvgIpc) is 3.88. The zero-order chi connectivity index (χ0) is 34.4. The number of hydrogen-bond donors (Lipinski definition) is 1. The second-order valence-electron chi connectivity index (χ2n) is 10.6. The molecule has 2 heterocycles. The molecule has 2 aromatic carbocycles. The summed E-state index contributed by atoms with van der Waals surface area (Å²) in [4.78, 5) is 43.7. The number of likely N-dealkylation sites (N-methyl/N-ethyl adjacent to an activating group) is 4. The average molecular weight is 649 g/mol. The molecule has 0 atom stereocenters. The Bertz CT molecular complexity index is 1340. The number of halogens is 1. The molecule has 1 N–H and O–H groups in total. The highest BCUT2D eigenvalue weighted by Gasteiger charge is 2.16. The molecule has 256 valence electrons. The maximum atomic E-state index is 12.8. The van der Waals surface area contributed by atoms with Crippen molar-refractivity contribution in [1.29, 1.82) is 0 Å². The summed E-state index contributed by atoms with van der Waals surface area (Å²) in [5.74, 6) is -0.255. The third-order valence-corrected chi connectivity index (χ3v) is 7.91. The summed E-state index contributed by atoms with van der Waals surface area (Å²) in [6.07, 6.45) is 10.5. The van der Waals surface area contributed by atoms with Crippen molar-refractivity contribution in [2.45, 2.75) is 41.5 Å². The summed E-state index contributed by atoms with van der Waals surface area (Å²) in [7, 11) is 0. The van der Waals surface area contributed by atoms with Crippen molar-refractivity contribution >= 4 is 11.8 Å². The van der Waals surface area contributed by atoms with Crippen LogP contribution < -0.4 is 0 Å². The number of H-pyrrole nitrogens is 1. The fourth-order valence-electron chi connectivity index (χ4n) is 4.77. The number of imidazole rings is 2. The lowest BCUT2D eigenvalue weighted by Gasteiger charge is -2.25. The molecule has 47 heavy (non-hydrogen) atoms. The third kappa shape index (κ3) is 13.5. The predicted molar refractivity (Wildman–Crippen MR) is 187 cm³/mol. The number of hydrogen-bond acceptors (Lipinski definition) is 6. The maximum absolute atomic E-state index is 12.8. The molecular weight excluding hydrogens is 595 g/mol. The first-order valence-corrected chi connectivity index (χ1v) is 16.6. The van der Waals surface area contributed by atoms with Crippen LogP contribution in [0.2, 0.25) is 0 Å². The van der Waals surface area contributed by atoms with Crippen molar-refractivity contribution in [3.8, 4) is 5.69 Å². The van der Waals surface area contributed by atoms with Crippen LogP contribution in [0.25, 0.3) is 5.69 Å².